The van der Waals surface area contributed by atoms with Gasteiger partial charge >= 0.3 is 0 Å². The molecule has 1 fully saturated rings. The van der Waals surface area contributed by atoms with Crippen LogP contribution in [-0.2, 0) is 11.2 Å². The van der Waals surface area contributed by atoms with Crippen molar-refractivity contribution in [1.82, 2.24) is 4.90 Å². The fourth-order valence-electron chi connectivity index (χ4n) is 2.45. The van der Waals surface area contributed by atoms with Gasteiger partial charge in [-0.1, -0.05) is 29.8 Å². The molecule has 1 aliphatic rings. The van der Waals surface area contributed by atoms with E-state index in [1.807, 2.05) is 4.90 Å². The van der Waals surface area contributed by atoms with Gasteiger partial charge in [-0.3, -0.25) is 4.79 Å². The summed E-state index contributed by atoms with van der Waals surface area (Å²) in [4.78, 5) is 14.1. The van der Waals surface area contributed by atoms with Gasteiger partial charge in [0, 0.05) is 19.0 Å². The Morgan fingerprint density at radius 2 is 2.06 bits per heavy atom. The number of nitrogens with zero attached hydrogens (tertiary/aromatic N) is 1. The molecule has 0 radical (unpaired) electrons. The van der Waals surface area contributed by atoms with Crippen LogP contribution in [0.1, 0.15) is 37.3 Å². The van der Waals surface area contributed by atoms with E-state index in [4.69, 9.17) is 0 Å². The molecule has 2 heteroatoms. The van der Waals surface area contributed by atoms with E-state index in [2.05, 4.69) is 38.1 Å². The van der Waals surface area contributed by atoms with Crippen molar-refractivity contribution in [3.05, 3.63) is 35.4 Å². The Kier molecular flexibility index (Phi) is 3.82. The van der Waals surface area contributed by atoms with Crippen LogP contribution in [0.15, 0.2) is 24.3 Å². The summed E-state index contributed by atoms with van der Waals surface area (Å²) in [6, 6.07) is 8.91. The predicted octanol–water partition coefficient (Wildman–Crippen LogP) is 2.94. The predicted molar refractivity (Wildman–Crippen MR) is 69.9 cm³/mol. The van der Waals surface area contributed by atoms with Crippen LogP contribution in [0.3, 0.4) is 0 Å². The second-order valence-corrected chi connectivity index (χ2v) is 5.06. The summed E-state index contributed by atoms with van der Waals surface area (Å²) in [5.74, 6) is 0.315. The molecular weight excluding hydrogens is 210 g/mol. The van der Waals surface area contributed by atoms with Gasteiger partial charge in [0.1, 0.15) is 0 Å². The molecule has 17 heavy (non-hydrogen) atoms. The number of carbonyl (C=O) groups excluding carboxylic acids is 1. The monoisotopic (exact) mass is 231 g/mol. The molecule has 92 valence electrons. The molecule has 0 saturated carbocycles. The molecule has 0 spiro atoms. The molecule has 0 aliphatic carbocycles. The maximum absolute atomic E-state index is 12.0. The molecule has 1 saturated heterocycles. The molecule has 1 aromatic rings. The van der Waals surface area contributed by atoms with Crippen molar-refractivity contribution in [2.45, 2.75) is 45.6 Å². The molecular formula is C15H21NO. The van der Waals surface area contributed by atoms with Gasteiger partial charge in [0.25, 0.3) is 0 Å². The van der Waals surface area contributed by atoms with Crippen molar-refractivity contribution < 1.29 is 4.79 Å². The standard InChI is InChI=1S/C15H21NO/c1-12-5-7-14(8-6-12)9-10-15(17)16-11-3-4-13(16)2/h5-8,13H,3-4,9-11H2,1-2H3. The lowest BCUT2D eigenvalue weighted by Gasteiger charge is -2.21. The van der Waals surface area contributed by atoms with Crippen LogP contribution in [0.2, 0.25) is 0 Å². The van der Waals surface area contributed by atoms with Crippen LogP contribution < -0.4 is 0 Å². The first-order chi connectivity index (χ1) is 8.16. The average molecular weight is 231 g/mol. The Hall–Kier alpha value is -1.31. The molecule has 0 N–H and O–H groups in total. The third-order valence-corrected chi connectivity index (χ3v) is 3.62. The van der Waals surface area contributed by atoms with Crippen LogP contribution in [0.4, 0.5) is 0 Å². The largest absolute Gasteiger partial charge is 0.340 e. The molecule has 1 heterocycles. The number of benzene rings is 1. The highest BCUT2D eigenvalue weighted by atomic mass is 16.2. The zero-order valence-electron chi connectivity index (χ0n) is 10.8. The quantitative estimate of drug-likeness (QED) is 0.783. The van der Waals surface area contributed by atoms with Gasteiger partial charge in [0.2, 0.25) is 5.91 Å². The number of carbonyl (C=O) groups is 1. The number of aryl methyl sites for hydroxylation is 2. The average Bonchev–Trinajstić information content (AvgIpc) is 2.74. The van der Waals surface area contributed by atoms with E-state index in [0.717, 1.165) is 25.8 Å². The first kappa shape index (κ1) is 12.2. The lowest BCUT2D eigenvalue weighted by Crippen LogP contribution is -2.33. The molecule has 0 aromatic heterocycles. The fourth-order valence-corrected chi connectivity index (χ4v) is 2.45. The molecule has 1 amide bonds. The van der Waals surface area contributed by atoms with Crippen LogP contribution in [-0.4, -0.2) is 23.4 Å². The van der Waals surface area contributed by atoms with Gasteiger partial charge in [0.05, 0.1) is 0 Å². The number of hydrogen-bond acceptors (Lipinski definition) is 1. The molecule has 2 rings (SSSR count). The molecule has 1 aromatic carbocycles. The SMILES string of the molecule is Cc1ccc(CCC(=O)N2CCCC2C)cc1. The summed E-state index contributed by atoms with van der Waals surface area (Å²) < 4.78 is 0. The van der Waals surface area contributed by atoms with Gasteiger partial charge in [0.15, 0.2) is 0 Å². The Bertz CT molecular complexity index is 382. The summed E-state index contributed by atoms with van der Waals surface area (Å²) >= 11 is 0. The number of rotatable bonds is 3. The van der Waals surface area contributed by atoms with Crippen molar-refractivity contribution >= 4 is 5.91 Å². The molecule has 2 nitrogen and oxygen atoms in total. The summed E-state index contributed by atoms with van der Waals surface area (Å²) in [5, 5.41) is 0. The minimum Gasteiger partial charge on any atom is -0.340 e. The summed E-state index contributed by atoms with van der Waals surface area (Å²) in [7, 11) is 0. The normalized spacial score (nSPS) is 19.6. The zero-order chi connectivity index (χ0) is 12.3. The maximum Gasteiger partial charge on any atom is 0.223 e. The third-order valence-electron chi connectivity index (χ3n) is 3.62. The van der Waals surface area contributed by atoms with Crippen LogP contribution in [0.25, 0.3) is 0 Å². The fraction of sp³-hybridized carbons (Fsp3) is 0.533. The highest BCUT2D eigenvalue weighted by Gasteiger charge is 2.24. The van der Waals surface area contributed by atoms with Crippen LogP contribution in [0.5, 0.6) is 0 Å². The number of likely N-dealkylation sites (tertiary alicyclic amines) is 1. The Morgan fingerprint density at radius 3 is 2.65 bits per heavy atom. The van der Waals surface area contributed by atoms with Gasteiger partial charge in [-0.2, -0.15) is 0 Å². The summed E-state index contributed by atoms with van der Waals surface area (Å²) in [6.07, 6.45) is 3.84. The van der Waals surface area contributed by atoms with Gasteiger partial charge in [-0.15, -0.1) is 0 Å². The smallest absolute Gasteiger partial charge is 0.223 e. The van der Waals surface area contributed by atoms with Crippen molar-refractivity contribution in [2.75, 3.05) is 6.54 Å². The van der Waals surface area contributed by atoms with Crippen LogP contribution in [0, 0.1) is 6.92 Å². The lowest BCUT2D eigenvalue weighted by molar-refractivity contribution is -0.131. The van der Waals surface area contributed by atoms with Crippen molar-refractivity contribution in [1.29, 1.82) is 0 Å². The topological polar surface area (TPSA) is 20.3 Å². The van der Waals surface area contributed by atoms with Gasteiger partial charge < -0.3 is 4.90 Å². The Labute approximate surface area is 104 Å². The Balaban J connectivity index is 1.85. The highest BCUT2D eigenvalue weighted by Crippen LogP contribution is 2.18. The first-order valence-electron chi connectivity index (χ1n) is 6.52. The minimum absolute atomic E-state index is 0.315. The zero-order valence-corrected chi connectivity index (χ0v) is 10.8. The van der Waals surface area contributed by atoms with Crippen molar-refractivity contribution in [3.63, 3.8) is 0 Å². The molecule has 0 bridgehead atoms. The summed E-state index contributed by atoms with van der Waals surface area (Å²) in [6.45, 7) is 5.19. The second kappa shape index (κ2) is 5.35. The van der Waals surface area contributed by atoms with E-state index >= 15 is 0 Å². The lowest BCUT2D eigenvalue weighted by atomic mass is 10.1. The van der Waals surface area contributed by atoms with E-state index in [0.29, 0.717) is 18.4 Å². The van der Waals surface area contributed by atoms with Crippen LogP contribution >= 0.6 is 0 Å². The number of hydrogen-bond donors (Lipinski definition) is 0. The molecule has 1 aliphatic heterocycles. The van der Waals surface area contributed by atoms with E-state index in [1.165, 1.54) is 11.1 Å². The first-order valence-corrected chi connectivity index (χ1v) is 6.52. The van der Waals surface area contributed by atoms with Gasteiger partial charge in [-0.05, 0) is 38.7 Å². The second-order valence-electron chi connectivity index (χ2n) is 5.06. The van der Waals surface area contributed by atoms with E-state index in [1.54, 1.807) is 0 Å². The Morgan fingerprint density at radius 1 is 1.35 bits per heavy atom. The number of amides is 1. The third kappa shape index (κ3) is 3.09. The molecule has 1 unspecified atom stereocenters. The van der Waals surface area contributed by atoms with Gasteiger partial charge in [-0.25, -0.2) is 0 Å². The van der Waals surface area contributed by atoms with Crippen molar-refractivity contribution in [3.8, 4) is 0 Å². The van der Waals surface area contributed by atoms with Crippen molar-refractivity contribution in [2.24, 2.45) is 0 Å². The van der Waals surface area contributed by atoms with E-state index in [9.17, 15) is 4.79 Å². The van der Waals surface area contributed by atoms with E-state index in [-0.39, 0.29) is 0 Å². The van der Waals surface area contributed by atoms with E-state index < -0.39 is 0 Å². The summed E-state index contributed by atoms with van der Waals surface area (Å²) in [5.41, 5.74) is 2.53. The highest BCUT2D eigenvalue weighted by molar-refractivity contribution is 5.77. The minimum atomic E-state index is 0.315. The maximum atomic E-state index is 12.0. The molecule has 1 atom stereocenters.